The molecule has 23 heavy (non-hydrogen) atoms. The Kier molecular flexibility index (Phi) is 5.90. The highest BCUT2D eigenvalue weighted by molar-refractivity contribution is 6.08. The van der Waals surface area contributed by atoms with Crippen LogP contribution in [-0.4, -0.2) is 43.8 Å². The van der Waals surface area contributed by atoms with Gasteiger partial charge in [0.1, 0.15) is 28.6 Å². The third-order valence-corrected chi connectivity index (χ3v) is 3.53. The molecule has 0 aromatic carbocycles. The number of nitrogens with zero attached hydrogens (tertiary/aromatic N) is 3. The van der Waals surface area contributed by atoms with E-state index in [-0.39, 0.29) is 22.5 Å². The molecule has 0 N–H and O–H groups in total. The molecule has 0 aliphatic rings. The highest BCUT2D eigenvalue weighted by Crippen LogP contribution is 2.24. The van der Waals surface area contributed by atoms with Gasteiger partial charge in [0.2, 0.25) is 0 Å². The van der Waals surface area contributed by atoms with Crippen LogP contribution in [-0.2, 0) is 16.5 Å². The normalized spacial score (nSPS) is 9.91. The van der Waals surface area contributed by atoms with Gasteiger partial charge in [-0.15, -0.1) is 0 Å². The van der Waals surface area contributed by atoms with Crippen molar-refractivity contribution in [2.24, 2.45) is 7.05 Å². The van der Waals surface area contributed by atoms with E-state index in [0.717, 1.165) is 18.8 Å². The average Bonchev–Trinajstić information content (AvgIpc) is 2.57. The molecule has 0 saturated heterocycles. The number of carbonyl (C=O) groups is 2. The zero-order valence-electron chi connectivity index (χ0n) is 13.8. The number of ether oxygens (including phenoxy) is 2. The fourth-order valence-electron chi connectivity index (χ4n) is 2.34. The molecule has 0 radical (unpaired) electrons. The number of pyridine rings is 1. The van der Waals surface area contributed by atoms with Crippen LogP contribution in [0.5, 0.6) is 0 Å². The molecule has 8 nitrogen and oxygen atoms in total. The number of carbonyl (C=O) groups excluding carboxylic acids is 2. The first-order valence-corrected chi connectivity index (χ1v) is 6.98. The summed E-state index contributed by atoms with van der Waals surface area (Å²) in [5.41, 5.74) is -1.31. The van der Waals surface area contributed by atoms with E-state index in [0.29, 0.717) is 13.1 Å². The number of esters is 2. The third-order valence-electron chi connectivity index (χ3n) is 3.53. The summed E-state index contributed by atoms with van der Waals surface area (Å²) in [6, 6.07) is 1.78. The van der Waals surface area contributed by atoms with Crippen molar-refractivity contribution in [2.75, 3.05) is 32.2 Å². The van der Waals surface area contributed by atoms with E-state index in [4.69, 9.17) is 4.74 Å². The van der Waals surface area contributed by atoms with E-state index in [1.165, 1.54) is 7.05 Å². The Hall–Kier alpha value is -2.82. The number of nitriles is 1. The van der Waals surface area contributed by atoms with Gasteiger partial charge in [0.05, 0.1) is 14.2 Å². The quantitative estimate of drug-likeness (QED) is 0.735. The van der Waals surface area contributed by atoms with Crippen molar-refractivity contribution in [1.29, 1.82) is 5.26 Å². The van der Waals surface area contributed by atoms with Crippen molar-refractivity contribution < 1.29 is 19.1 Å². The molecule has 1 heterocycles. The van der Waals surface area contributed by atoms with Gasteiger partial charge < -0.3 is 18.9 Å². The summed E-state index contributed by atoms with van der Waals surface area (Å²) < 4.78 is 10.4. The van der Waals surface area contributed by atoms with Crippen LogP contribution in [0.25, 0.3) is 0 Å². The van der Waals surface area contributed by atoms with E-state index < -0.39 is 17.5 Å². The standard InChI is InChI=1S/C15H19N3O5/c1-6-18(7-2)12-11(15(21)23-5)10(14(20)22-4)9(8-16)17(3)13(12)19/h6-7H2,1-5H3. The van der Waals surface area contributed by atoms with Gasteiger partial charge in [-0.2, -0.15) is 5.26 Å². The molecule has 0 spiro atoms. The van der Waals surface area contributed by atoms with Gasteiger partial charge in [-0.25, -0.2) is 9.59 Å². The lowest BCUT2D eigenvalue weighted by Crippen LogP contribution is -2.37. The second-order valence-corrected chi connectivity index (χ2v) is 4.58. The maximum Gasteiger partial charge on any atom is 0.341 e. The number of aromatic nitrogens is 1. The summed E-state index contributed by atoms with van der Waals surface area (Å²) in [4.78, 5) is 38.6. The molecule has 1 rings (SSSR count). The molecule has 0 fully saturated rings. The lowest BCUT2D eigenvalue weighted by Gasteiger charge is -2.25. The zero-order chi connectivity index (χ0) is 17.7. The Labute approximate surface area is 133 Å². The van der Waals surface area contributed by atoms with Gasteiger partial charge in [-0.05, 0) is 13.8 Å². The second-order valence-electron chi connectivity index (χ2n) is 4.58. The van der Waals surface area contributed by atoms with Crippen molar-refractivity contribution >= 4 is 17.6 Å². The lowest BCUT2D eigenvalue weighted by atomic mass is 10.0. The van der Waals surface area contributed by atoms with Gasteiger partial charge in [0.25, 0.3) is 5.56 Å². The van der Waals surface area contributed by atoms with E-state index in [1.807, 2.05) is 0 Å². The Balaban J connectivity index is 4.08. The van der Waals surface area contributed by atoms with E-state index in [1.54, 1.807) is 24.8 Å². The summed E-state index contributed by atoms with van der Waals surface area (Å²) in [7, 11) is 3.63. The van der Waals surface area contributed by atoms with E-state index in [2.05, 4.69) is 4.74 Å². The molecule has 0 saturated carbocycles. The minimum atomic E-state index is -0.883. The first kappa shape index (κ1) is 18.2. The van der Waals surface area contributed by atoms with Crippen LogP contribution in [0.3, 0.4) is 0 Å². The number of hydrogen-bond donors (Lipinski definition) is 0. The molecular weight excluding hydrogens is 302 g/mol. The van der Waals surface area contributed by atoms with Crippen LogP contribution < -0.4 is 10.5 Å². The Bertz CT molecular complexity index is 726. The molecular formula is C15H19N3O5. The minimum Gasteiger partial charge on any atom is -0.465 e. The molecule has 0 atom stereocenters. The fraction of sp³-hybridized carbons (Fsp3) is 0.467. The third kappa shape index (κ3) is 3.04. The smallest absolute Gasteiger partial charge is 0.341 e. The van der Waals surface area contributed by atoms with Crippen molar-refractivity contribution in [3.05, 3.63) is 27.2 Å². The molecule has 1 aromatic heterocycles. The van der Waals surface area contributed by atoms with Crippen molar-refractivity contribution in [3.63, 3.8) is 0 Å². The number of rotatable bonds is 5. The van der Waals surface area contributed by atoms with Crippen LogP contribution in [0.2, 0.25) is 0 Å². The molecule has 0 bridgehead atoms. The summed E-state index contributed by atoms with van der Waals surface area (Å²) in [5, 5.41) is 9.31. The van der Waals surface area contributed by atoms with Gasteiger partial charge >= 0.3 is 11.9 Å². The van der Waals surface area contributed by atoms with Crippen LogP contribution in [0.1, 0.15) is 40.3 Å². The molecule has 0 amide bonds. The summed E-state index contributed by atoms with van der Waals surface area (Å²) in [6.07, 6.45) is 0. The Morgan fingerprint density at radius 1 is 1.13 bits per heavy atom. The van der Waals surface area contributed by atoms with E-state index >= 15 is 0 Å². The van der Waals surface area contributed by atoms with E-state index in [9.17, 15) is 19.6 Å². The van der Waals surface area contributed by atoms with Crippen molar-refractivity contribution in [3.8, 4) is 6.07 Å². The highest BCUT2D eigenvalue weighted by atomic mass is 16.5. The second kappa shape index (κ2) is 7.45. The average molecular weight is 321 g/mol. The molecule has 8 heteroatoms. The van der Waals surface area contributed by atoms with Gasteiger partial charge in [-0.1, -0.05) is 0 Å². The number of anilines is 1. The highest BCUT2D eigenvalue weighted by Gasteiger charge is 2.32. The predicted molar refractivity (Wildman–Crippen MR) is 82.6 cm³/mol. The van der Waals surface area contributed by atoms with Crippen molar-refractivity contribution in [2.45, 2.75) is 13.8 Å². The molecule has 0 unspecified atom stereocenters. The first-order valence-electron chi connectivity index (χ1n) is 6.98. The minimum absolute atomic E-state index is 0.0174. The van der Waals surface area contributed by atoms with Crippen molar-refractivity contribution in [1.82, 2.24) is 4.57 Å². The van der Waals surface area contributed by atoms with Crippen LogP contribution in [0, 0.1) is 11.3 Å². The molecule has 0 aliphatic heterocycles. The monoisotopic (exact) mass is 321 g/mol. The maximum atomic E-state index is 12.6. The predicted octanol–water partition coefficient (Wildman–Crippen LogP) is 0.676. The first-order chi connectivity index (χ1) is 10.9. The topological polar surface area (TPSA) is 102 Å². The molecule has 124 valence electrons. The summed E-state index contributed by atoms with van der Waals surface area (Å²) in [5.74, 6) is -1.76. The fourth-order valence-corrected chi connectivity index (χ4v) is 2.34. The SMILES string of the molecule is CCN(CC)c1c(C(=O)OC)c(C(=O)OC)c(C#N)n(C)c1=O. The summed E-state index contributed by atoms with van der Waals surface area (Å²) in [6.45, 7) is 4.48. The number of methoxy groups -OCH3 is 2. The Morgan fingerprint density at radius 2 is 1.61 bits per heavy atom. The van der Waals surface area contributed by atoms with Crippen LogP contribution in [0.15, 0.2) is 4.79 Å². The van der Waals surface area contributed by atoms with Crippen LogP contribution in [0.4, 0.5) is 5.69 Å². The van der Waals surface area contributed by atoms with Gasteiger partial charge in [0, 0.05) is 20.1 Å². The van der Waals surface area contributed by atoms with Gasteiger partial charge in [0.15, 0.2) is 0 Å². The summed E-state index contributed by atoms with van der Waals surface area (Å²) >= 11 is 0. The Morgan fingerprint density at radius 3 is 2.00 bits per heavy atom. The van der Waals surface area contributed by atoms with Crippen LogP contribution >= 0.6 is 0 Å². The largest absolute Gasteiger partial charge is 0.465 e. The zero-order valence-corrected chi connectivity index (χ0v) is 13.8. The molecule has 1 aromatic rings. The maximum absolute atomic E-state index is 12.6. The number of hydrogen-bond acceptors (Lipinski definition) is 7. The van der Waals surface area contributed by atoms with Gasteiger partial charge in [-0.3, -0.25) is 4.79 Å². The molecule has 0 aliphatic carbocycles. The lowest BCUT2D eigenvalue weighted by molar-refractivity contribution is 0.0554.